The van der Waals surface area contributed by atoms with Gasteiger partial charge in [0.2, 0.25) is 0 Å². The molecule has 1 aromatic rings. The highest BCUT2D eigenvalue weighted by Gasteiger charge is 2.04. The van der Waals surface area contributed by atoms with Crippen molar-refractivity contribution in [3.05, 3.63) is 22.4 Å². The fraction of sp³-hybridized carbons (Fsp3) is 0.500. The Morgan fingerprint density at radius 2 is 2.27 bits per heavy atom. The van der Waals surface area contributed by atoms with Crippen LogP contribution in [0.1, 0.15) is 17.8 Å². The van der Waals surface area contributed by atoms with E-state index in [1.54, 1.807) is 11.3 Å². The van der Waals surface area contributed by atoms with Gasteiger partial charge in [-0.3, -0.25) is 5.01 Å². The Morgan fingerprint density at radius 1 is 1.55 bits per heavy atom. The van der Waals surface area contributed by atoms with Gasteiger partial charge in [0.05, 0.1) is 6.04 Å². The molecule has 0 amide bonds. The highest BCUT2D eigenvalue weighted by atomic mass is 32.1. The second-order valence-corrected chi connectivity index (χ2v) is 3.74. The van der Waals surface area contributed by atoms with Crippen LogP contribution in [0.25, 0.3) is 0 Å². The normalized spacial score (nSPS) is 13.8. The van der Waals surface area contributed by atoms with E-state index in [1.807, 2.05) is 19.1 Å². The maximum absolute atomic E-state index is 3.29. The molecule has 0 aliphatic heterocycles. The van der Waals surface area contributed by atoms with E-state index in [-0.39, 0.29) is 0 Å². The number of thiophene rings is 1. The van der Waals surface area contributed by atoms with E-state index in [9.17, 15) is 0 Å². The lowest BCUT2D eigenvalue weighted by molar-refractivity contribution is 0.254. The van der Waals surface area contributed by atoms with Crippen molar-refractivity contribution in [3.63, 3.8) is 0 Å². The molecule has 1 unspecified atom stereocenters. The van der Waals surface area contributed by atoms with E-state index in [4.69, 9.17) is 0 Å². The van der Waals surface area contributed by atoms with Gasteiger partial charge in [-0.05, 0) is 18.4 Å². The molecule has 1 heterocycles. The summed E-state index contributed by atoms with van der Waals surface area (Å²) in [6.45, 7) is 2.16. The summed E-state index contributed by atoms with van der Waals surface area (Å²) in [6, 6.07) is 4.64. The van der Waals surface area contributed by atoms with Gasteiger partial charge in [-0.25, -0.2) is 5.43 Å². The van der Waals surface area contributed by atoms with Gasteiger partial charge in [0, 0.05) is 19.0 Å². The molecule has 2 nitrogen and oxygen atoms in total. The predicted octanol–water partition coefficient (Wildman–Crippen LogP) is 1.88. The summed E-state index contributed by atoms with van der Waals surface area (Å²) in [5.74, 6) is 0. The zero-order chi connectivity index (χ0) is 8.27. The van der Waals surface area contributed by atoms with Crippen LogP contribution in [0, 0.1) is 0 Å². The van der Waals surface area contributed by atoms with E-state index in [2.05, 4.69) is 29.9 Å². The summed E-state index contributed by atoms with van der Waals surface area (Å²) < 4.78 is 0. The number of nitrogens with zero attached hydrogens (tertiary/aromatic N) is 1. The molecule has 0 aliphatic carbocycles. The molecule has 1 N–H and O–H groups in total. The topological polar surface area (TPSA) is 15.3 Å². The zero-order valence-electron chi connectivity index (χ0n) is 7.16. The van der Waals surface area contributed by atoms with Gasteiger partial charge in [-0.1, -0.05) is 6.07 Å². The van der Waals surface area contributed by atoms with Gasteiger partial charge in [0.1, 0.15) is 0 Å². The van der Waals surface area contributed by atoms with Crippen LogP contribution in [0.2, 0.25) is 0 Å². The standard InChI is InChI=1S/C8H14N2S/c1-7(9-10(2)3)8-5-4-6-11-8/h4-7,9H,1-3H3. The first kappa shape index (κ1) is 8.71. The monoisotopic (exact) mass is 170 g/mol. The lowest BCUT2D eigenvalue weighted by Crippen LogP contribution is -2.32. The minimum Gasteiger partial charge on any atom is -0.250 e. The number of hydrogen-bond acceptors (Lipinski definition) is 3. The van der Waals surface area contributed by atoms with Crippen molar-refractivity contribution < 1.29 is 0 Å². The molecule has 0 fully saturated rings. The Labute approximate surface area is 71.8 Å². The molecule has 1 rings (SSSR count). The maximum atomic E-state index is 3.29. The molecule has 62 valence electrons. The van der Waals surface area contributed by atoms with Crippen LogP contribution >= 0.6 is 11.3 Å². The molecule has 1 atom stereocenters. The third kappa shape index (κ3) is 2.61. The lowest BCUT2D eigenvalue weighted by Gasteiger charge is -2.17. The number of hydrazine groups is 1. The smallest absolute Gasteiger partial charge is 0.0529 e. The second kappa shape index (κ2) is 3.85. The van der Waals surface area contributed by atoms with E-state index >= 15 is 0 Å². The molecule has 0 aliphatic rings. The molecule has 0 saturated heterocycles. The number of hydrogen-bond donors (Lipinski definition) is 1. The first-order valence-electron chi connectivity index (χ1n) is 3.67. The van der Waals surface area contributed by atoms with Crippen molar-refractivity contribution >= 4 is 11.3 Å². The van der Waals surface area contributed by atoms with Crippen molar-refractivity contribution in [1.29, 1.82) is 0 Å². The molecule has 11 heavy (non-hydrogen) atoms. The SMILES string of the molecule is CC(NN(C)C)c1cccs1. The quantitative estimate of drug-likeness (QED) is 0.697. The molecule has 0 saturated carbocycles. The largest absolute Gasteiger partial charge is 0.250 e. The van der Waals surface area contributed by atoms with Crippen molar-refractivity contribution in [1.82, 2.24) is 10.4 Å². The second-order valence-electron chi connectivity index (χ2n) is 2.76. The van der Waals surface area contributed by atoms with Gasteiger partial charge >= 0.3 is 0 Å². The molecule has 1 aromatic heterocycles. The van der Waals surface area contributed by atoms with E-state index < -0.39 is 0 Å². The summed E-state index contributed by atoms with van der Waals surface area (Å²) in [4.78, 5) is 1.37. The Morgan fingerprint density at radius 3 is 2.73 bits per heavy atom. The molecule has 0 radical (unpaired) electrons. The minimum absolute atomic E-state index is 0.421. The Balaban J connectivity index is 2.49. The fourth-order valence-electron chi connectivity index (χ4n) is 0.989. The number of rotatable bonds is 3. The molecular formula is C8H14N2S. The van der Waals surface area contributed by atoms with Crippen LogP contribution in [0.5, 0.6) is 0 Å². The minimum atomic E-state index is 0.421. The Hall–Kier alpha value is -0.380. The molecule has 0 spiro atoms. The van der Waals surface area contributed by atoms with Crippen molar-refractivity contribution in [2.45, 2.75) is 13.0 Å². The van der Waals surface area contributed by atoms with Crippen LogP contribution in [-0.2, 0) is 0 Å². The van der Waals surface area contributed by atoms with Crippen LogP contribution in [0.15, 0.2) is 17.5 Å². The van der Waals surface area contributed by atoms with Crippen molar-refractivity contribution in [2.75, 3.05) is 14.1 Å². The van der Waals surface area contributed by atoms with Gasteiger partial charge in [-0.2, -0.15) is 0 Å². The van der Waals surface area contributed by atoms with Gasteiger partial charge in [0.15, 0.2) is 0 Å². The third-order valence-corrected chi connectivity index (χ3v) is 2.48. The van der Waals surface area contributed by atoms with Crippen molar-refractivity contribution in [3.8, 4) is 0 Å². The number of nitrogens with one attached hydrogen (secondary N) is 1. The van der Waals surface area contributed by atoms with Gasteiger partial charge in [-0.15, -0.1) is 11.3 Å². The van der Waals surface area contributed by atoms with Crippen LogP contribution < -0.4 is 5.43 Å². The van der Waals surface area contributed by atoms with E-state index in [0.29, 0.717) is 6.04 Å². The Bertz CT molecular complexity index is 194. The zero-order valence-corrected chi connectivity index (χ0v) is 7.98. The molecule has 3 heteroatoms. The van der Waals surface area contributed by atoms with Gasteiger partial charge < -0.3 is 0 Å². The molecular weight excluding hydrogens is 156 g/mol. The highest BCUT2D eigenvalue weighted by molar-refractivity contribution is 7.10. The van der Waals surface area contributed by atoms with Crippen LogP contribution in [-0.4, -0.2) is 19.1 Å². The first-order chi connectivity index (χ1) is 5.20. The fourth-order valence-corrected chi connectivity index (χ4v) is 1.72. The van der Waals surface area contributed by atoms with Crippen molar-refractivity contribution in [2.24, 2.45) is 0 Å². The Kier molecular flexibility index (Phi) is 3.05. The van der Waals surface area contributed by atoms with Crippen LogP contribution in [0.3, 0.4) is 0 Å². The van der Waals surface area contributed by atoms with E-state index in [1.165, 1.54) is 4.88 Å². The van der Waals surface area contributed by atoms with Crippen LogP contribution in [0.4, 0.5) is 0 Å². The summed E-state index contributed by atoms with van der Waals surface area (Å²) >= 11 is 1.78. The first-order valence-corrected chi connectivity index (χ1v) is 4.55. The predicted molar refractivity (Wildman–Crippen MR) is 49.6 cm³/mol. The molecule has 0 aromatic carbocycles. The lowest BCUT2D eigenvalue weighted by atomic mass is 10.3. The summed E-state index contributed by atoms with van der Waals surface area (Å²) in [6.07, 6.45) is 0. The average molecular weight is 170 g/mol. The summed E-state index contributed by atoms with van der Waals surface area (Å²) in [5, 5.41) is 4.08. The highest BCUT2D eigenvalue weighted by Crippen LogP contribution is 2.17. The van der Waals surface area contributed by atoms with E-state index in [0.717, 1.165) is 0 Å². The summed E-state index contributed by atoms with van der Waals surface area (Å²) in [7, 11) is 4.01. The third-order valence-electron chi connectivity index (χ3n) is 1.42. The average Bonchev–Trinajstić information content (AvgIpc) is 2.35. The summed E-state index contributed by atoms with van der Waals surface area (Å²) in [5.41, 5.74) is 3.29. The van der Waals surface area contributed by atoms with Gasteiger partial charge in [0.25, 0.3) is 0 Å². The molecule has 0 bridgehead atoms. The maximum Gasteiger partial charge on any atom is 0.0529 e.